The van der Waals surface area contributed by atoms with E-state index in [2.05, 4.69) is 27.7 Å². The third-order valence-electron chi connectivity index (χ3n) is 11.8. The van der Waals surface area contributed by atoms with E-state index in [-0.39, 0.29) is 29.0 Å². The Balaban J connectivity index is 1.30. The van der Waals surface area contributed by atoms with Gasteiger partial charge in [-0.3, -0.25) is 4.79 Å². The molecule has 31 heavy (non-hydrogen) atoms. The molecule has 4 heteroatoms. The topological polar surface area (TPSA) is 55.8 Å². The maximum Gasteiger partial charge on any atom is 0.171 e. The number of carbonyl (C=O) groups is 1. The first-order chi connectivity index (χ1) is 14.7. The van der Waals surface area contributed by atoms with Crippen molar-refractivity contribution in [2.75, 3.05) is 6.61 Å². The van der Waals surface area contributed by atoms with Crippen LogP contribution in [0.15, 0.2) is 0 Å². The van der Waals surface area contributed by atoms with Crippen molar-refractivity contribution in [3.8, 4) is 0 Å². The summed E-state index contributed by atoms with van der Waals surface area (Å²) in [6.07, 6.45) is 9.39. The molecule has 1 spiro atoms. The highest BCUT2D eigenvalue weighted by atomic mass is 16.7. The van der Waals surface area contributed by atoms with Gasteiger partial charge in [0.2, 0.25) is 0 Å². The molecule has 0 aromatic carbocycles. The van der Waals surface area contributed by atoms with Crippen LogP contribution < -0.4 is 0 Å². The summed E-state index contributed by atoms with van der Waals surface area (Å²) >= 11 is 0. The number of ketones is 1. The second kappa shape index (κ2) is 6.79. The van der Waals surface area contributed by atoms with Gasteiger partial charge in [0.15, 0.2) is 5.79 Å². The quantitative estimate of drug-likeness (QED) is 0.589. The Hall–Kier alpha value is -0.450. The van der Waals surface area contributed by atoms with Crippen molar-refractivity contribution < 1.29 is 19.4 Å². The van der Waals surface area contributed by atoms with Crippen LogP contribution in [0, 0.1) is 52.3 Å². The molecular weight excluding hydrogens is 388 g/mol. The van der Waals surface area contributed by atoms with E-state index >= 15 is 0 Å². The number of carbonyl (C=O) groups excluding carboxylic acids is 1. The van der Waals surface area contributed by atoms with Crippen LogP contribution >= 0.6 is 0 Å². The van der Waals surface area contributed by atoms with Crippen LogP contribution in [0.5, 0.6) is 0 Å². The van der Waals surface area contributed by atoms with Crippen molar-refractivity contribution in [1.29, 1.82) is 0 Å². The molecule has 0 bridgehead atoms. The van der Waals surface area contributed by atoms with Crippen molar-refractivity contribution in [1.82, 2.24) is 0 Å². The lowest BCUT2D eigenvalue weighted by atomic mass is 9.44. The Bertz CT molecular complexity index is 756. The van der Waals surface area contributed by atoms with Gasteiger partial charge in [0.25, 0.3) is 0 Å². The average molecular weight is 431 g/mol. The zero-order chi connectivity index (χ0) is 21.8. The molecule has 174 valence electrons. The van der Waals surface area contributed by atoms with E-state index in [0.29, 0.717) is 41.3 Å². The molecule has 2 unspecified atom stereocenters. The molecule has 2 saturated heterocycles. The predicted molar refractivity (Wildman–Crippen MR) is 118 cm³/mol. The highest BCUT2D eigenvalue weighted by Gasteiger charge is 2.71. The van der Waals surface area contributed by atoms with Crippen LogP contribution in [-0.2, 0) is 14.3 Å². The summed E-state index contributed by atoms with van der Waals surface area (Å²) in [4.78, 5) is 14.0. The first kappa shape index (κ1) is 21.1. The van der Waals surface area contributed by atoms with Crippen LogP contribution in [0.25, 0.3) is 0 Å². The Morgan fingerprint density at radius 1 is 1.00 bits per heavy atom. The Morgan fingerprint density at radius 2 is 1.81 bits per heavy atom. The Kier molecular flexibility index (Phi) is 4.62. The maximum absolute atomic E-state index is 14.0. The normalized spacial score (nSPS) is 60.9. The molecule has 2 heterocycles. The van der Waals surface area contributed by atoms with Gasteiger partial charge >= 0.3 is 0 Å². The third-order valence-corrected chi connectivity index (χ3v) is 11.8. The zero-order valence-electron chi connectivity index (χ0n) is 19.9. The van der Waals surface area contributed by atoms with E-state index in [1.165, 1.54) is 12.8 Å². The fourth-order valence-corrected chi connectivity index (χ4v) is 9.93. The minimum Gasteiger partial charge on any atom is -0.393 e. The van der Waals surface area contributed by atoms with Crippen LogP contribution in [0.4, 0.5) is 0 Å². The summed E-state index contributed by atoms with van der Waals surface area (Å²) in [5, 5.41) is 10.3. The van der Waals surface area contributed by atoms with Gasteiger partial charge in [0.1, 0.15) is 5.78 Å². The lowest BCUT2D eigenvalue weighted by Gasteiger charge is -2.60. The van der Waals surface area contributed by atoms with Crippen LogP contribution in [0.2, 0.25) is 0 Å². The van der Waals surface area contributed by atoms with E-state index < -0.39 is 5.79 Å². The molecule has 6 aliphatic rings. The predicted octanol–water partition coefficient (Wildman–Crippen LogP) is 4.97. The van der Waals surface area contributed by atoms with E-state index in [1.54, 1.807) is 0 Å². The van der Waals surface area contributed by atoms with Gasteiger partial charge in [-0.05, 0) is 80.0 Å². The fraction of sp³-hybridized carbons (Fsp3) is 0.963. The number of hydrogen-bond donors (Lipinski definition) is 1. The molecule has 6 fully saturated rings. The average Bonchev–Trinajstić information content (AvgIpc) is 3.18. The van der Waals surface area contributed by atoms with Crippen molar-refractivity contribution in [2.24, 2.45) is 52.3 Å². The van der Waals surface area contributed by atoms with Crippen molar-refractivity contribution in [2.45, 2.75) is 103 Å². The smallest absolute Gasteiger partial charge is 0.171 e. The highest BCUT2D eigenvalue weighted by molar-refractivity contribution is 5.87. The van der Waals surface area contributed by atoms with Gasteiger partial charge in [-0.2, -0.15) is 0 Å². The maximum atomic E-state index is 14.0. The van der Waals surface area contributed by atoms with E-state index in [0.717, 1.165) is 51.6 Å². The lowest BCUT2D eigenvalue weighted by Crippen LogP contribution is -2.58. The molecule has 0 radical (unpaired) electrons. The van der Waals surface area contributed by atoms with Gasteiger partial charge in [-0.1, -0.05) is 27.7 Å². The summed E-state index contributed by atoms with van der Waals surface area (Å²) in [5.41, 5.74) is -0.0221. The van der Waals surface area contributed by atoms with Crippen molar-refractivity contribution in [3.63, 3.8) is 0 Å². The number of rotatable bonds is 0. The van der Waals surface area contributed by atoms with E-state index in [4.69, 9.17) is 9.47 Å². The number of aliphatic hydroxyl groups excluding tert-OH is 1. The molecule has 0 aromatic heterocycles. The lowest BCUT2D eigenvalue weighted by molar-refractivity contribution is -0.272. The zero-order valence-corrected chi connectivity index (χ0v) is 19.9. The summed E-state index contributed by atoms with van der Waals surface area (Å²) in [6.45, 7) is 10.1. The first-order valence-corrected chi connectivity index (χ1v) is 13.2. The van der Waals surface area contributed by atoms with Crippen LogP contribution in [0.1, 0.15) is 85.5 Å². The first-order valence-electron chi connectivity index (χ1n) is 13.2. The summed E-state index contributed by atoms with van der Waals surface area (Å²) < 4.78 is 13.2. The second-order valence-corrected chi connectivity index (χ2v) is 13.0. The molecule has 4 aliphatic carbocycles. The number of ether oxygens (including phenoxy) is 2. The highest BCUT2D eigenvalue weighted by Crippen LogP contribution is 2.70. The number of hydrogen-bond acceptors (Lipinski definition) is 4. The molecule has 6 rings (SSSR count). The van der Waals surface area contributed by atoms with Crippen LogP contribution in [-0.4, -0.2) is 35.5 Å². The summed E-state index contributed by atoms with van der Waals surface area (Å²) in [7, 11) is 0. The van der Waals surface area contributed by atoms with Crippen LogP contribution in [0.3, 0.4) is 0 Å². The van der Waals surface area contributed by atoms with Gasteiger partial charge in [0, 0.05) is 30.1 Å². The largest absolute Gasteiger partial charge is 0.393 e. The Labute approximate surface area is 187 Å². The fourth-order valence-electron chi connectivity index (χ4n) is 9.93. The Morgan fingerprint density at radius 3 is 2.55 bits per heavy atom. The number of Topliss-reactive ketones (excluding diaryl/α,β-unsaturated/α-hetero) is 1. The molecule has 12 atom stereocenters. The van der Waals surface area contributed by atoms with Crippen molar-refractivity contribution >= 4 is 5.78 Å². The standard InChI is InChI=1S/C27H42O4/c1-15-7-10-27(30-14-15)16(2)24-22(31-27)12-21-19-6-5-17-11-18(28)8-9-25(17,3)20(19)13-23(29)26(21,24)4/h15-22,24,28H,5-14H2,1-4H3/t15-,16+,17?,18?,19-,20+,21+,22+,24+,25+,26-,27-/m1/s1. The minimum absolute atomic E-state index is 0.131. The summed E-state index contributed by atoms with van der Waals surface area (Å²) in [5.74, 6) is 3.45. The van der Waals surface area contributed by atoms with Gasteiger partial charge < -0.3 is 14.6 Å². The van der Waals surface area contributed by atoms with Gasteiger partial charge in [-0.25, -0.2) is 0 Å². The number of fused-ring (bicyclic) bond motifs is 7. The monoisotopic (exact) mass is 430 g/mol. The molecule has 4 saturated carbocycles. The van der Waals surface area contributed by atoms with E-state index in [1.807, 2.05) is 0 Å². The molecular formula is C27H42O4. The van der Waals surface area contributed by atoms with Gasteiger partial charge in [0.05, 0.1) is 18.8 Å². The molecule has 1 N–H and O–H groups in total. The third kappa shape index (κ3) is 2.68. The molecule has 0 aromatic rings. The minimum atomic E-state index is -0.448. The molecule has 0 amide bonds. The van der Waals surface area contributed by atoms with E-state index in [9.17, 15) is 9.90 Å². The van der Waals surface area contributed by atoms with Gasteiger partial charge in [-0.15, -0.1) is 0 Å². The van der Waals surface area contributed by atoms with Crippen molar-refractivity contribution in [3.05, 3.63) is 0 Å². The summed E-state index contributed by atoms with van der Waals surface area (Å²) in [6, 6.07) is 0. The molecule has 4 nitrogen and oxygen atoms in total. The molecule has 2 aliphatic heterocycles. The number of aliphatic hydroxyl groups is 1. The second-order valence-electron chi connectivity index (χ2n) is 13.0. The SMILES string of the molecule is C[C@@H]1CC[C@@]2(OC1)O[C@H]1C[C@H]3[C@@H]4CCC5CC(O)CC[C@]5(C)[C@H]4CC(=O)[C@]3(C)[C@H]1[C@@H]2C.